The number of aliphatic hydroxyl groups is 1. The maximum Gasteiger partial charge on any atom is 0.305 e. The maximum atomic E-state index is 14.1. The summed E-state index contributed by atoms with van der Waals surface area (Å²) in [5, 5.41) is 12.6. The Hall–Kier alpha value is -2.09. The van der Waals surface area contributed by atoms with Gasteiger partial charge in [-0.05, 0) is 55.8 Å². The van der Waals surface area contributed by atoms with Crippen molar-refractivity contribution in [3.63, 3.8) is 0 Å². The fourth-order valence-electron chi connectivity index (χ4n) is 9.95. The van der Waals surface area contributed by atoms with Crippen molar-refractivity contribution in [2.75, 3.05) is 7.11 Å². The van der Waals surface area contributed by atoms with Crippen LogP contribution in [-0.4, -0.2) is 53.2 Å². The van der Waals surface area contributed by atoms with Crippen LogP contribution in [0.1, 0.15) is 99.8 Å². The molecule has 0 bridgehead atoms. The van der Waals surface area contributed by atoms with Gasteiger partial charge in [0.1, 0.15) is 11.7 Å². The highest BCUT2D eigenvalue weighted by atomic mass is 16.5. The Morgan fingerprint density at radius 2 is 1.63 bits per heavy atom. The van der Waals surface area contributed by atoms with Gasteiger partial charge in [0.15, 0.2) is 11.6 Å². The fourth-order valence-corrected chi connectivity index (χ4v) is 9.95. The number of Topliss-reactive ketones (excluding diaryl/α,β-unsaturated/α-hetero) is 3. The summed E-state index contributed by atoms with van der Waals surface area (Å²) in [5.74, 6) is -2.14. The van der Waals surface area contributed by atoms with Crippen molar-refractivity contribution >= 4 is 29.3 Å². The topological polar surface area (TPSA) is 124 Å². The number of rotatable bonds is 5. The molecule has 4 saturated carbocycles. The molecule has 0 aliphatic heterocycles. The van der Waals surface area contributed by atoms with Crippen molar-refractivity contribution in [1.82, 2.24) is 0 Å². The van der Waals surface area contributed by atoms with Crippen LogP contribution in [0.2, 0.25) is 0 Å². The first-order valence-corrected chi connectivity index (χ1v) is 14.0. The number of carbonyl (C=O) groups excluding carboxylic acids is 5. The summed E-state index contributed by atoms with van der Waals surface area (Å²) in [7, 11) is 1.35. The molecule has 0 unspecified atom stereocenters. The minimum atomic E-state index is -1.86. The fraction of sp³-hybridized carbons (Fsp3) is 0.833. The number of ether oxygens (including phenoxy) is 2. The summed E-state index contributed by atoms with van der Waals surface area (Å²) in [6.07, 6.45) is 1.92. The molecule has 0 amide bonds. The molecule has 212 valence electrons. The smallest absolute Gasteiger partial charge is 0.305 e. The minimum Gasteiger partial charge on any atom is -0.469 e. The number of ketones is 3. The van der Waals surface area contributed by atoms with E-state index >= 15 is 0 Å². The van der Waals surface area contributed by atoms with E-state index in [9.17, 15) is 29.1 Å². The van der Waals surface area contributed by atoms with Crippen LogP contribution < -0.4 is 0 Å². The lowest BCUT2D eigenvalue weighted by atomic mass is 9.26. The average Bonchev–Trinajstić information content (AvgIpc) is 3.10. The molecule has 8 heteroatoms. The van der Waals surface area contributed by atoms with Crippen molar-refractivity contribution in [3.8, 4) is 0 Å². The van der Waals surface area contributed by atoms with E-state index < -0.39 is 56.3 Å². The molecular weight excluding hydrogens is 488 g/mol. The van der Waals surface area contributed by atoms with Gasteiger partial charge in [0.2, 0.25) is 5.78 Å². The van der Waals surface area contributed by atoms with Gasteiger partial charge < -0.3 is 14.6 Å². The summed E-state index contributed by atoms with van der Waals surface area (Å²) in [6.45, 7) is 12.7. The molecule has 0 heterocycles. The average molecular weight is 533 g/mol. The van der Waals surface area contributed by atoms with Crippen LogP contribution in [0.3, 0.4) is 0 Å². The third kappa shape index (κ3) is 3.27. The Balaban J connectivity index is 1.86. The Labute approximate surface area is 225 Å². The number of hydrogen-bond donors (Lipinski definition) is 1. The number of methoxy groups -OCH3 is 1. The molecule has 0 aromatic rings. The van der Waals surface area contributed by atoms with E-state index in [-0.39, 0.29) is 42.9 Å². The van der Waals surface area contributed by atoms with E-state index in [1.165, 1.54) is 14.0 Å². The van der Waals surface area contributed by atoms with E-state index in [1.807, 2.05) is 41.5 Å². The first-order chi connectivity index (χ1) is 17.4. The Morgan fingerprint density at radius 1 is 1.03 bits per heavy atom. The monoisotopic (exact) mass is 532 g/mol. The van der Waals surface area contributed by atoms with Gasteiger partial charge >= 0.3 is 11.9 Å². The summed E-state index contributed by atoms with van der Waals surface area (Å²) in [5.41, 5.74) is -6.99. The highest BCUT2D eigenvalue weighted by Crippen LogP contribution is 2.79. The summed E-state index contributed by atoms with van der Waals surface area (Å²) in [6, 6.07) is 0. The highest BCUT2D eigenvalue weighted by molar-refractivity contribution is 6.40. The molecular formula is C30H44O8. The number of hydrogen-bond acceptors (Lipinski definition) is 8. The van der Waals surface area contributed by atoms with Gasteiger partial charge in [0, 0.05) is 41.4 Å². The van der Waals surface area contributed by atoms with Crippen LogP contribution in [-0.2, 0) is 33.4 Å². The second-order valence-corrected chi connectivity index (χ2v) is 13.9. The second-order valence-electron chi connectivity index (χ2n) is 13.9. The molecule has 0 aromatic heterocycles. The molecule has 0 saturated heterocycles. The van der Waals surface area contributed by atoms with Crippen molar-refractivity contribution in [3.05, 3.63) is 0 Å². The van der Waals surface area contributed by atoms with Gasteiger partial charge in [0.25, 0.3) is 0 Å². The quantitative estimate of drug-likeness (QED) is 0.416. The predicted octanol–water partition coefficient (Wildman–Crippen LogP) is 3.99. The lowest BCUT2D eigenvalue weighted by Gasteiger charge is -2.76. The van der Waals surface area contributed by atoms with E-state index in [2.05, 4.69) is 0 Å². The highest BCUT2D eigenvalue weighted by Gasteiger charge is 2.86. The van der Waals surface area contributed by atoms with Gasteiger partial charge in [-0.15, -0.1) is 0 Å². The zero-order valence-electron chi connectivity index (χ0n) is 24.2. The molecule has 4 rings (SSSR count). The Bertz CT molecular complexity index is 1090. The molecule has 4 aliphatic carbocycles. The lowest BCUT2D eigenvalue weighted by molar-refractivity contribution is -0.312. The molecule has 1 N–H and O–H groups in total. The lowest BCUT2D eigenvalue weighted by Crippen LogP contribution is -2.86. The van der Waals surface area contributed by atoms with Gasteiger partial charge in [-0.25, -0.2) is 0 Å². The first-order valence-electron chi connectivity index (χ1n) is 14.0. The minimum absolute atomic E-state index is 0.00229. The molecule has 8 atom stereocenters. The van der Waals surface area contributed by atoms with Crippen LogP contribution in [0.5, 0.6) is 0 Å². The number of fused-ring (bicyclic) bond motifs is 1. The van der Waals surface area contributed by atoms with Crippen molar-refractivity contribution in [2.24, 2.45) is 38.9 Å². The predicted molar refractivity (Wildman–Crippen MR) is 138 cm³/mol. The van der Waals surface area contributed by atoms with E-state index in [0.717, 1.165) is 0 Å². The standard InChI is InChI=1S/C30H44O8/c1-17(9-10-22(33)37-8)19-11-13-26(5)23(34)20(32)15-30-25(3,4)21(38-18(2)31)12-14-27(30,6)24(35)29(30,36)16-28(19,26)7/h17,19,21,36H,9-16H2,1-8H3/t17-,19-,21+,26+,27-,28-,29+,30-/m1/s1. The van der Waals surface area contributed by atoms with E-state index in [0.29, 0.717) is 32.1 Å². The zero-order chi connectivity index (χ0) is 28.7. The third-order valence-corrected chi connectivity index (χ3v) is 12.2. The third-order valence-electron chi connectivity index (χ3n) is 12.2. The van der Waals surface area contributed by atoms with Gasteiger partial charge in [-0.1, -0.05) is 41.5 Å². The molecule has 8 nitrogen and oxygen atoms in total. The van der Waals surface area contributed by atoms with Crippen molar-refractivity contribution in [2.45, 2.75) is 112 Å². The molecule has 0 radical (unpaired) electrons. The molecule has 4 aliphatic rings. The Kier molecular flexibility index (Phi) is 6.62. The van der Waals surface area contributed by atoms with Crippen molar-refractivity contribution in [1.29, 1.82) is 0 Å². The van der Waals surface area contributed by atoms with Gasteiger partial charge in [0.05, 0.1) is 7.11 Å². The van der Waals surface area contributed by atoms with Gasteiger partial charge in [-0.3, -0.25) is 24.0 Å². The second kappa shape index (κ2) is 8.70. The van der Waals surface area contributed by atoms with Crippen LogP contribution in [0.15, 0.2) is 0 Å². The summed E-state index contributed by atoms with van der Waals surface area (Å²) in [4.78, 5) is 65.9. The Morgan fingerprint density at radius 3 is 2.21 bits per heavy atom. The van der Waals surface area contributed by atoms with Crippen LogP contribution in [0.25, 0.3) is 0 Å². The van der Waals surface area contributed by atoms with Gasteiger partial charge in [-0.2, -0.15) is 0 Å². The number of esters is 2. The molecule has 4 fully saturated rings. The number of carbonyl (C=O) groups is 5. The van der Waals surface area contributed by atoms with Crippen LogP contribution in [0.4, 0.5) is 0 Å². The molecule has 38 heavy (non-hydrogen) atoms. The van der Waals surface area contributed by atoms with Crippen LogP contribution in [0, 0.1) is 38.9 Å². The van der Waals surface area contributed by atoms with E-state index in [1.54, 1.807) is 0 Å². The van der Waals surface area contributed by atoms with Crippen LogP contribution >= 0.6 is 0 Å². The normalized spacial score (nSPS) is 44.5. The SMILES string of the molecule is COC(=O)CC[C@@H](C)[C@H]1CC[C@@]2(C)C(=O)C(=O)C[C@@]34C(C)(C)[C@@H](OC(C)=O)CC[C@]3(C)C(=O)[C@@]4(O)C[C@]12C. The van der Waals surface area contributed by atoms with E-state index in [4.69, 9.17) is 9.47 Å². The molecule has 1 spiro atoms. The van der Waals surface area contributed by atoms with Crippen molar-refractivity contribution < 1.29 is 38.6 Å². The zero-order valence-corrected chi connectivity index (χ0v) is 24.2. The molecule has 0 aromatic carbocycles. The first kappa shape index (κ1) is 28.9. The summed E-state index contributed by atoms with van der Waals surface area (Å²) >= 11 is 0. The largest absolute Gasteiger partial charge is 0.469 e. The maximum absolute atomic E-state index is 14.1. The summed E-state index contributed by atoms with van der Waals surface area (Å²) < 4.78 is 10.5.